The van der Waals surface area contributed by atoms with E-state index in [9.17, 15) is 14.0 Å². The predicted octanol–water partition coefficient (Wildman–Crippen LogP) is 5.06. The van der Waals surface area contributed by atoms with Crippen molar-refractivity contribution in [3.8, 4) is 0 Å². The molecular weight excluding hydrogens is 450 g/mol. The van der Waals surface area contributed by atoms with E-state index in [-0.39, 0.29) is 30.6 Å². The molecule has 0 aliphatic carbocycles. The number of nitrogens with zero attached hydrogens (tertiary/aromatic N) is 1. The van der Waals surface area contributed by atoms with Gasteiger partial charge in [-0.2, -0.15) is 0 Å². The highest BCUT2D eigenvalue weighted by molar-refractivity contribution is 6.36. The Morgan fingerprint density at radius 1 is 0.906 bits per heavy atom. The van der Waals surface area contributed by atoms with Gasteiger partial charge in [0.05, 0.1) is 6.42 Å². The molecule has 7 heteroatoms. The van der Waals surface area contributed by atoms with Crippen LogP contribution in [0.3, 0.4) is 0 Å². The van der Waals surface area contributed by atoms with E-state index in [1.165, 1.54) is 24.1 Å². The summed E-state index contributed by atoms with van der Waals surface area (Å²) >= 11 is 12.7. The van der Waals surface area contributed by atoms with Crippen molar-refractivity contribution in [3.63, 3.8) is 0 Å². The summed E-state index contributed by atoms with van der Waals surface area (Å²) in [5, 5.41) is 3.48. The van der Waals surface area contributed by atoms with Crippen molar-refractivity contribution in [1.29, 1.82) is 0 Å². The van der Waals surface area contributed by atoms with Crippen LogP contribution in [0.25, 0.3) is 0 Å². The minimum Gasteiger partial charge on any atom is -0.357 e. The summed E-state index contributed by atoms with van der Waals surface area (Å²) in [7, 11) is 1.53. The molecule has 0 fully saturated rings. The molecule has 0 aliphatic heterocycles. The minimum atomic E-state index is -0.789. The maximum Gasteiger partial charge on any atom is 0.242 e. The van der Waals surface area contributed by atoms with Gasteiger partial charge in [0.15, 0.2) is 0 Å². The molecule has 0 aromatic heterocycles. The summed E-state index contributed by atoms with van der Waals surface area (Å²) in [5.41, 5.74) is 2.11. The Hall–Kier alpha value is -2.89. The smallest absolute Gasteiger partial charge is 0.242 e. The molecule has 0 spiro atoms. The van der Waals surface area contributed by atoms with Crippen molar-refractivity contribution in [2.75, 3.05) is 7.05 Å². The first kappa shape index (κ1) is 23.8. The normalized spacial score (nSPS) is 11.6. The van der Waals surface area contributed by atoms with E-state index in [0.717, 1.165) is 5.56 Å². The topological polar surface area (TPSA) is 49.4 Å². The fourth-order valence-corrected chi connectivity index (χ4v) is 3.97. The first-order valence-corrected chi connectivity index (χ1v) is 10.9. The van der Waals surface area contributed by atoms with Crippen LogP contribution in [0.5, 0.6) is 0 Å². The van der Waals surface area contributed by atoms with Gasteiger partial charge in [-0.3, -0.25) is 9.59 Å². The molecule has 32 heavy (non-hydrogen) atoms. The number of halogens is 3. The van der Waals surface area contributed by atoms with Crippen LogP contribution >= 0.6 is 23.2 Å². The van der Waals surface area contributed by atoms with E-state index >= 15 is 0 Å². The molecule has 3 aromatic rings. The van der Waals surface area contributed by atoms with Gasteiger partial charge in [-0.25, -0.2) is 4.39 Å². The Balaban J connectivity index is 1.98. The van der Waals surface area contributed by atoms with Gasteiger partial charge in [-0.15, -0.1) is 0 Å². The third kappa shape index (κ3) is 6.09. The zero-order valence-electron chi connectivity index (χ0n) is 17.5. The Morgan fingerprint density at radius 3 is 2.12 bits per heavy atom. The van der Waals surface area contributed by atoms with Crippen molar-refractivity contribution >= 4 is 35.0 Å². The summed E-state index contributed by atoms with van der Waals surface area (Å²) in [6.07, 6.45) is 0.322. The number of carbonyl (C=O) groups excluding carboxylic acids is 2. The van der Waals surface area contributed by atoms with E-state index in [2.05, 4.69) is 5.32 Å². The highest BCUT2D eigenvalue weighted by Gasteiger charge is 2.30. The number of carbonyl (C=O) groups is 2. The van der Waals surface area contributed by atoms with Gasteiger partial charge in [0.1, 0.15) is 11.9 Å². The summed E-state index contributed by atoms with van der Waals surface area (Å²) in [6, 6.07) is 19.5. The summed E-state index contributed by atoms with van der Waals surface area (Å²) in [6.45, 7) is 0.0590. The number of amides is 2. The average Bonchev–Trinajstić information content (AvgIpc) is 2.79. The molecule has 166 valence electrons. The van der Waals surface area contributed by atoms with E-state index in [4.69, 9.17) is 23.2 Å². The molecule has 0 radical (unpaired) electrons. The Labute approximate surface area is 197 Å². The van der Waals surface area contributed by atoms with Crippen molar-refractivity contribution in [3.05, 3.63) is 105 Å². The molecule has 4 nitrogen and oxygen atoms in total. The largest absolute Gasteiger partial charge is 0.357 e. The number of rotatable bonds is 8. The highest BCUT2D eigenvalue weighted by atomic mass is 35.5. The monoisotopic (exact) mass is 472 g/mol. The van der Waals surface area contributed by atoms with Gasteiger partial charge in [0.25, 0.3) is 0 Å². The van der Waals surface area contributed by atoms with Crippen LogP contribution in [-0.4, -0.2) is 29.8 Å². The number of hydrogen-bond acceptors (Lipinski definition) is 2. The minimum absolute atomic E-state index is 0.00460. The van der Waals surface area contributed by atoms with E-state index in [0.29, 0.717) is 27.6 Å². The van der Waals surface area contributed by atoms with Crippen LogP contribution in [0.2, 0.25) is 10.0 Å². The standard InChI is InChI=1S/C25H23Cl2FN2O2/c1-29-25(32)23(14-17-6-3-2-4-7-17)30(16-20-21(26)8-5-9-22(20)27)24(31)15-18-10-12-19(28)13-11-18/h2-13,23H,14-16H2,1H3,(H,29,32). The fourth-order valence-electron chi connectivity index (χ4n) is 3.45. The van der Waals surface area contributed by atoms with Crippen LogP contribution in [0.15, 0.2) is 72.8 Å². The molecule has 1 N–H and O–H groups in total. The molecule has 2 amide bonds. The SMILES string of the molecule is CNC(=O)C(Cc1ccccc1)N(Cc1c(Cl)cccc1Cl)C(=O)Cc1ccc(F)cc1. The second-order valence-corrected chi connectivity index (χ2v) is 8.16. The van der Waals surface area contributed by atoms with Gasteiger partial charge in [-0.1, -0.05) is 71.7 Å². The number of nitrogens with one attached hydrogen (secondary N) is 1. The lowest BCUT2D eigenvalue weighted by Crippen LogP contribution is -2.50. The van der Waals surface area contributed by atoms with Gasteiger partial charge in [0, 0.05) is 35.6 Å². The average molecular weight is 473 g/mol. The lowest BCUT2D eigenvalue weighted by molar-refractivity contribution is -0.140. The summed E-state index contributed by atoms with van der Waals surface area (Å²) in [4.78, 5) is 27.8. The quantitative estimate of drug-likeness (QED) is 0.497. The van der Waals surface area contributed by atoms with Crippen molar-refractivity contribution in [2.24, 2.45) is 0 Å². The molecule has 1 unspecified atom stereocenters. The van der Waals surface area contributed by atoms with Crippen molar-refractivity contribution in [2.45, 2.75) is 25.4 Å². The third-order valence-electron chi connectivity index (χ3n) is 5.18. The van der Waals surface area contributed by atoms with Crippen molar-refractivity contribution < 1.29 is 14.0 Å². The van der Waals surface area contributed by atoms with Crippen LogP contribution in [0.1, 0.15) is 16.7 Å². The van der Waals surface area contributed by atoms with E-state index in [1.807, 2.05) is 30.3 Å². The summed E-state index contributed by atoms with van der Waals surface area (Å²) in [5.74, 6) is -0.977. The second kappa shape index (κ2) is 11.1. The van der Waals surface area contributed by atoms with Gasteiger partial charge in [0.2, 0.25) is 11.8 Å². The third-order valence-corrected chi connectivity index (χ3v) is 5.88. The zero-order valence-corrected chi connectivity index (χ0v) is 19.0. The van der Waals surface area contributed by atoms with Crippen LogP contribution in [0, 0.1) is 5.82 Å². The second-order valence-electron chi connectivity index (χ2n) is 7.34. The molecule has 0 heterocycles. The molecule has 1 atom stereocenters. The first-order valence-electron chi connectivity index (χ1n) is 10.1. The number of benzene rings is 3. The molecule has 0 bridgehead atoms. The molecule has 3 rings (SSSR count). The van der Waals surface area contributed by atoms with Crippen molar-refractivity contribution in [1.82, 2.24) is 10.2 Å². The molecule has 0 saturated heterocycles. The Bertz CT molecular complexity index is 1050. The van der Waals surface area contributed by atoms with E-state index in [1.54, 1.807) is 30.3 Å². The van der Waals surface area contributed by atoms with Gasteiger partial charge < -0.3 is 10.2 Å². The van der Waals surface area contributed by atoms with Crippen LogP contribution < -0.4 is 5.32 Å². The molecule has 3 aromatic carbocycles. The van der Waals surface area contributed by atoms with Gasteiger partial charge >= 0.3 is 0 Å². The van der Waals surface area contributed by atoms with E-state index < -0.39 is 6.04 Å². The lowest BCUT2D eigenvalue weighted by Gasteiger charge is -2.31. The van der Waals surface area contributed by atoms with Crippen LogP contribution in [0.4, 0.5) is 4.39 Å². The highest BCUT2D eigenvalue weighted by Crippen LogP contribution is 2.27. The first-order chi connectivity index (χ1) is 15.4. The number of likely N-dealkylation sites (N-methyl/N-ethyl adjacent to an activating group) is 1. The summed E-state index contributed by atoms with van der Waals surface area (Å²) < 4.78 is 13.3. The maximum atomic E-state index is 13.4. The molecule has 0 saturated carbocycles. The van der Waals surface area contributed by atoms with Crippen LogP contribution in [-0.2, 0) is 29.0 Å². The Kier molecular flexibility index (Phi) is 8.26. The Morgan fingerprint density at radius 2 is 1.53 bits per heavy atom. The van der Waals surface area contributed by atoms with Gasteiger partial charge in [-0.05, 0) is 35.4 Å². The lowest BCUT2D eigenvalue weighted by atomic mass is 10.0. The predicted molar refractivity (Wildman–Crippen MR) is 125 cm³/mol. The fraction of sp³-hybridized carbons (Fsp3) is 0.200. The molecular formula is C25H23Cl2FN2O2. The zero-order chi connectivity index (χ0) is 23.1. The maximum absolute atomic E-state index is 13.4. The molecule has 0 aliphatic rings. The number of hydrogen-bond donors (Lipinski definition) is 1.